The number of carbonyl (C=O) groups is 1. The van der Waals surface area contributed by atoms with Crippen molar-refractivity contribution in [2.45, 2.75) is 38.3 Å². The van der Waals surface area contributed by atoms with Crippen molar-refractivity contribution in [3.05, 3.63) is 87.9 Å². The van der Waals surface area contributed by atoms with Crippen LogP contribution in [0.15, 0.2) is 71.9 Å². The normalized spacial score (nSPS) is 11.5. The van der Waals surface area contributed by atoms with Crippen LogP contribution in [-0.4, -0.2) is 26.4 Å². The van der Waals surface area contributed by atoms with Gasteiger partial charge in [-0.3, -0.25) is 9.36 Å². The average Bonchev–Trinajstić information content (AvgIpc) is 3.21. The van der Waals surface area contributed by atoms with Gasteiger partial charge >= 0.3 is 0 Å². The Morgan fingerprint density at radius 1 is 0.943 bits per heavy atom. The van der Waals surface area contributed by atoms with Crippen molar-refractivity contribution >= 4 is 46.6 Å². The third-order valence-electron chi connectivity index (χ3n) is 5.41. The molecule has 0 saturated carbocycles. The van der Waals surface area contributed by atoms with Crippen LogP contribution in [0.1, 0.15) is 31.9 Å². The van der Waals surface area contributed by atoms with Crippen molar-refractivity contribution in [1.82, 2.24) is 14.8 Å². The first-order valence-corrected chi connectivity index (χ1v) is 12.9. The number of aromatic nitrogens is 3. The van der Waals surface area contributed by atoms with Crippen molar-refractivity contribution in [2.75, 3.05) is 11.1 Å². The Kier molecular flexibility index (Phi) is 7.55. The Morgan fingerprint density at radius 2 is 1.57 bits per heavy atom. The largest absolute Gasteiger partial charge is 0.325 e. The smallest absolute Gasteiger partial charge is 0.234 e. The Bertz CT molecular complexity index is 1320. The number of rotatable bonds is 6. The fraction of sp³-hybridized carbons (Fsp3) is 0.222. The van der Waals surface area contributed by atoms with Crippen LogP contribution in [0.3, 0.4) is 0 Å². The van der Waals surface area contributed by atoms with E-state index in [1.807, 2.05) is 35.8 Å². The van der Waals surface area contributed by atoms with E-state index >= 15 is 0 Å². The van der Waals surface area contributed by atoms with Crippen LogP contribution < -0.4 is 5.32 Å². The van der Waals surface area contributed by atoms with Crippen LogP contribution in [0.5, 0.6) is 0 Å². The fourth-order valence-corrected chi connectivity index (χ4v) is 4.83. The molecule has 35 heavy (non-hydrogen) atoms. The predicted octanol–water partition coefficient (Wildman–Crippen LogP) is 7.58. The van der Waals surface area contributed by atoms with Crippen LogP contribution in [-0.2, 0) is 10.2 Å². The lowest BCUT2D eigenvalue weighted by atomic mass is 9.87. The van der Waals surface area contributed by atoms with Gasteiger partial charge in [-0.05, 0) is 48.2 Å². The highest BCUT2D eigenvalue weighted by atomic mass is 35.5. The molecule has 0 spiro atoms. The van der Waals surface area contributed by atoms with Crippen molar-refractivity contribution in [2.24, 2.45) is 0 Å². The van der Waals surface area contributed by atoms with Gasteiger partial charge in [-0.2, -0.15) is 0 Å². The fourth-order valence-electron chi connectivity index (χ4n) is 3.55. The molecule has 0 aliphatic rings. The lowest BCUT2D eigenvalue weighted by molar-refractivity contribution is -0.113. The maximum atomic E-state index is 12.6. The molecule has 1 heterocycles. The van der Waals surface area contributed by atoms with Crippen LogP contribution >= 0.6 is 35.0 Å². The molecule has 1 aromatic heterocycles. The van der Waals surface area contributed by atoms with E-state index in [0.717, 1.165) is 22.6 Å². The molecule has 180 valence electrons. The molecule has 5 nitrogen and oxygen atoms in total. The van der Waals surface area contributed by atoms with E-state index in [0.29, 0.717) is 20.9 Å². The van der Waals surface area contributed by atoms with Crippen LogP contribution in [0.4, 0.5) is 5.69 Å². The van der Waals surface area contributed by atoms with Crippen molar-refractivity contribution in [1.29, 1.82) is 0 Å². The Labute approximate surface area is 219 Å². The van der Waals surface area contributed by atoms with E-state index in [1.165, 1.54) is 17.3 Å². The number of carbonyl (C=O) groups excluding carboxylic acids is 1. The first-order valence-electron chi connectivity index (χ1n) is 11.1. The molecule has 0 bridgehead atoms. The summed E-state index contributed by atoms with van der Waals surface area (Å²) < 4.78 is 1.99. The van der Waals surface area contributed by atoms with Gasteiger partial charge in [0.05, 0.1) is 5.75 Å². The number of amides is 1. The molecule has 4 rings (SSSR count). The predicted molar refractivity (Wildman–Crippen MR) is 146 cm³/mol. The average molecular weight is 526 g/mol. The summed E-state index contributed by atoms with van der Waals surface area (Å²) >= 11 is 13.4. The molecular formula is C27H26Cl2N4OS. The minimum atomic E-state index is -0.192. The van der Waals surface area contributed by atoms with Crippen LogP contribution in [0.25, 0.3) is 17.1 Å². The second-order valence-corrected chi connectivity index (χ2v) is 11.1. The molecule has 0 saturated heterocycles. The molecule has 0 atom stereocenters. The second-order valence-electron chi connectivity index (χ2n) is 9.30. The van der Waals surface area contributed by atoms with Crippen LogP contribution in [0.2, 0.25) is 10.0 Å². The summed E-state index contributed by atoms with van der Waals surface area (Å²) in [7, 11) is 0. The number of aryl methyl sites for hydroxylation is 1. The van der Waals surface area contributed by atoms with Crippen LogP contribution in [0, 0.1) is 6.92 Å². The van der Waals surface area contributed by atoms with E-state index < -0.39 is 0 Å². The Morgan fingerprint density at radius 3 is 2.17 bits per heavy atom. The first-order chi connectivity index (χ1) is 16.6. The van der Waals surface area contributed by atoms with Crippen molar-refractivity contribution < 1.29 is 4.79 Å². The van der Waals surface area contributed by atoms with Gasteiger partial charge in [-0.15, -0.1) is 10.2 Å². The summed E-state index contributed by atoms with van der Waals surface area (Å²) in [4.78, 5) is 12.6. The van der Waals surface area contributed by atoms with E-state index in [2.05, 4.69) is 60.6 Å². The summed E-state index contributed by atoms with van der Waals surface area (Å²) in [6, 6.07) is 21.5. The van der Waals surface area contributed by atoms with Gasteiger partial charge in [0, 0.05) is 27.0 Å². The van der Waals surface area contributed by atoms with Gasteiger partial charge in [-0.25, -0.2) is 0 Å². The monoisotopic (exact) mass is 524 g/mol. The zero-order valence-corrected chi connectivity index (χ0v) is 22.3. The summed E-state index contributed by atoms with van der Waals surface area (Å²) in [6.45, 7) is 8.61. The molecular weight excluding hydrogens is 499 g/mol. The number of benzene rings is 3. The zero-order valence-electron chi connectivity index (χ0n) is 20.0. The lowest BCUT2D eigenvalue weighted by Crippen LogP contribution is -2.14. The number of nitrogens with zero attached hydrogens (tertiary/aromatic N) is 3. The number of anilines is 1. The first kappa shape index (κ1) is 25.3. The number of hydrogen-bond acceptors (Lipinski definition) is 4. The number of hydrogen-bond donors (Lipinski definition) is 1. The van der Waals surface area contributed by atoms with E-state index in [-0.39, 0.29) is 17.1 Å². The number of halogens is 2. The highest BCUT2D eigenvalue weighted by Crippen LogP contribution is 2.30. The summed E-state index contributed by atoms with van der Waals surface area (Å²) in [6.07, 6.45) is 0. The Hall–Kier alpha value is -2.80. The van der Waals surface area contributed by atoms with Gasteiger partial charge in [0.1, 0.15) is 0 Å². The minimum Gasteiger partial charge on any atom is -0.325 e. The molecule has 0 unspecified atom stereocenters. The highest BCUT2D eigenvalue weighted by Gasteiger charge is 2.19. The van der Waals surface area contributed by atoms with Gasteiger partial charge in [0.2, 0.25) is 5.91 Å². The topological polar surface area (TPSA) is 59.8 Å². The molecule has 0 aliphatic carbocycles. The lowest BCUT2D eigenvalue weighted by Gasteiger charge is -2.19. The molecule has 0 aliphatic heterocycles. The third kappa shape index (κ3) is 6.26. The highest BCUT2D eigenvalue weighted by molar-refractivity contribution is 7.99. The van der Waals surface area contributed by atoms with Gasteiger partial charge < -0.3 is 5.32 Å². The Balaban J connectivity index is 1.61. The van der Waals surface area contributed by atoms with Gasteiger partial charge in [0.25, 0.3) is 0 Å². The maximum absolute atomic E-state index is 12.6. The SMILES string of the molecule is Cc1ccc(-n2c(SCC(=O)Nc3cc(Cl)cc(Cl)c3)nnc2-c2ccc(C(C)(C)C)cc2)cc1. The zero-order chi connectivity index (χ0) is 25.2. The van der Waals surface area contributed by atoms with Gasteiger partial charge in [0.15, 0.2) is 11.0 Å². The molecule has 3 aromatic carbocycles. The standard InChI is InChI=1S/C27H26Cl2N4OS/c1-17-5-11-23(12-6-17)33-25(18-7-9-19(10-8-18)27(2,3)4)31-32-26(33)35-16-24(34)30-22-14-20(28)13-21(29)15-22/h5-15H,16H2,1-4H3,(H,30,34). The maximum Gasteiger partial charge on any atom is 0.234 e. The number of nitrogens with one attached hydrogen (secondary N) is 1. The van der Waals surface area contributed by atoms with Crippen molar-refractivity contribution in [3.8, 4) is 17.1 Å². The molecule has 0 fully saturated rings. The molecule has 1 N–H and O–H groups in total. The molecule has 8 heteroatoms. The van der Waals surface area contributed by atoms with E-state index in [9.17, 15) is 4.79 Å². The molecule has 1 amide bonds. The molecule has 4 aromatic rings. The number of thioether (sulfide) groups is 1. The van der Waals surface area contributed by atoms with E-state index in [1.54, 1.807) is 18.2 Å². The third-order valence-corrected chi connectivity index (χ3v) is 6.78. The van der Waals surface area contributed by atoms with E-state index in [4.69, 9.17) is 23.2 Å². The second kappa shape index (κ2) is 10.4. The summed E-state index contributed by atoms with van der Waals surface area (Å²) in [5, 5.41) is 13.3. The minimum absolute atomic E-state index is 0.0603. The quantitative estimate of drug-likeness (QED) is 0.264. The summed E-state index contributed by atoms with van der Waals surface area (Å²) in [5.41, 5.74) is 4.90. The van der Waals surface area contributed by atoms with Crippen molar-refractivity contribution in [3.63, 3.8) is 0 Å². The van der Waals surface area contributed by atoms with Gasteiger partial charge in [-0.1, -0.05) is 97.7 Å². The summed E-state index contributed by atoms with van der Waals surface area (Å²) in [5.74, 6) is 0.679. The molecule has 0 radical (unpaired) electrons.